The van der Waals surface area contributed by atoms with Crippen LogP contribution in [0, 0.1) is 0 Å². The summed E-state index contributed by atoms with van der Waals surface area (Å²) in [6.45, 7) is 3.79. The van der Waals surface area contributed by atoms with Crippen LogP contribution in [0.2, 0.25) is 0 Å². The summed E-state index contributed by atoms with van der Waals surface area (Å²) in [4.78, 5) is 14.7. The highest BCUT2D eigenvalue weighted by Crippen LogP contribution is 2.41. The molecule has 4 rings (SSSR count). The topological polar surface area (TPSA) is 67.6 Å². The van der Waals surface area contributed by atoms with Gasteiger partial charge in [-0.25, -0.2) is 0 Å². The van der Waals surface area contributed by atoms with Crippen molar-refractivity contribution in [3.63, 3.8) is 0 Å². The Morgan fingerprint density at radius 2 is 2.12 bits per heavy atom. The monoisotopic (exact) mass is 355 g/mol. The predicted molar refractivity (Wildman–Crippen MR) is 97.3 cm³/mol. The number of ether oxygens (including phenoxy) is 1. The Bertz CT molecular complexity index is 785. The summed E-state index contributed by atoms with van der Waals surface area (Å²) in [5.74, 6) is 1.12. The van der Waals surface area contributed by atoms with E-state index in [4.69, 9.17) is 4.74 Å². The molecule has 1 aliphatic carbocycles. The summed E-state index contributed by atoms with van der Waals surface area (Å²) in [7, 11) is 0. The number of hydrogen-bond acceptors (Lipinski definition) is 4. The van der Waals surface area contributed by atoms with Crippen LogP contribution in [0.25, 0.3) is 0 Å². The van der Waals surface area contributed by atoms with E-state index in [-0.39, 0.29) is 12.5 Å². The smallest absolute Gasteiger partial charge is 0.257 e. The maximum Gasteiger partial charge on any atom is 0.257 e. The average molecular weight is 355 g/mol. The number of rotatable bonds is 6. The van der Waals surface area contributed by atoms with Gasteiger partial charge in [-0.05, 0) is 38.3 Å². The molecule has 1 saturated carbocycles. The highest BCUT2D eigenvalue weighted by Gasteiger charge is 2.41. The Hall–Kier alpha value is -2.34. The first kappa shape index (κ1) is 17.1. The molecule has 1 saturated heterocycles. The fraction of sp³-hybridized carbons (Fsp3) is 0.500. The van der Waals surface area contributed by atoms with E-state index in [9.17, 15) is 9.90 Å². The highest BCUT2D eigenvalue weighted by atomic mass is 16.5. The van der Waals surface area contributed by atoms with Gasteiger partial charge >= 0.3 is 0 Å². The highest BCUT2D eigenvalue weighted by molar-refractivity contribution is 5.95. The third kappa shape index (κ3) is 3.46. The molecule has 2 aromatic rings. The number of hydrogen-bond donors (Lipinski definition) is 1. The van der Waals surface area contributed by atoms with Gasteiger partial charge in [0.25, 0.3) is 5.91 Å². The molecule has 2 heterocycles. The molecule has 1 amide bonds. The molecule has 0 unspecified atom stereocenters. The zero-order valence-electron chi connectivity index (χ0n) is 15.1. The molecule has 2 fully saturated rings. The molecule has 6 nitrogen and oxygen atoms in total. The van der Waals surface area contributed by atoms with Crippen LogP contribution in [0.5, 0.6) is 5.75 Å². The summed E-state index contributed by atoms with van der Waals surface area (Å²) in [5.41, 5.74) is 0.613. The second kappa shape index (κ2) is 6.76. The van der Waals surface area contributed by atoms with E-state index in [1.165, 1.54) is 0 Å². The molecule has 2 aliphatic rings. The van der Waals surface area contributed by atoms with Gasteiger partial charge < -0.3 is 14.7 Å². The first-order valence-corrected chi connectivity index (χ1v) is 9.35. The summed E-state index contributed by atoms with van der Waals surface area (Å²) < 4.78 is 7.55. The van der Waals surface area contributed by atoms with Gasteiger partial charge in [0.15, 0.2) is 0 Å². The Balaban J connectivity index is 1.43. The molecule has 0 radical (unpaired) electrons. The van der Waals surface area contributed by atoms with E-state index < -0.39 is 5.60 Å². The van der Waals surface area contributed by atoms with Gasteiger partial charge in [-0.1, -0.05) is 18.2 Å². The normalized spacial score (nSPS) is 22.6. The summed E-state index contributed by atoms with van der Waals surface area (Å²) in [6, 6.07) is 9.44. The van der Waals surface area contributed by atoms with Crippen molar-refractivity contribution in [3.05, 3.63) is 47.8 Å². The van der Waals surface area contributed by atoms with Gasteiger partial charge in [0.05, 0.1) is 17.8 Å². The van der Waals surface area contributed by atoms with Crippen molar-refractivity contribution in [2.75, 3.05) is 19.7 Å². The van der Waals surface area contributed by atoms with E-state index >= 15 is 0 Å². The minimum atomic E-state index is -1.01. The van der Waals surface area contributed by atoms with Gasteiger partial charge in [0, 0.05) is 25.2 Å². The molecule has 1 atom stereocenters. The zero-order chi connectivity index (χ0) is 18.1. The van der Waals surface area contributed by atoms with E-state index in [2.05, 4.69) is 5.10 Å². The number of carbonyl (C=O) groups excluding carboxylic acids is 1. The molecule has 1 aromatic heterocycles. The molecule has 26 heavy (non-hydrogen) atoms. The van der Waals surface area contributed by atoms with Gasteiger partial charge in [-0.2, -0.15) is 5.10 Å². The lowest BCUT2D eigenvalue weighted by Gasteiger charge is -2.23. The van der Waals surface area contributed by atoms with E-state index in [0.717, 1.165) is 30.8 Å². The van der Waals surface area contributed by atoms with Gasteiger partial charge in [0.2, 0.25) is 0 Å². The lowest BCUT2D eigenvalue weighted by atomic mass is 10.1. The quantitative estimate of drug-likeness (QED) is 0.864. The van der Waals surface area contributed by atoms with Gasteiger partial charge in [-0.3, -0.25) is 9.48 Å². The van der Waals surface area contributed by atoms with Crippen molar-refractivity contribution in [2.45, 2.75) is 44.2 Å². The Labute approximate surface area is 153 Å². The SMILES string of the molecule is CCn1cc(C(=O)N2CC[C@](O)(COc3ccccc3)C2)c(C2CC2)n1. The Morgan fingerprint density at radius 3 is 2.81 bits per heavy atom. The summed E-state index contributed by atoms with van der Waals surface area (Å²) >= 11 is 0. The standard InChI is InChI=1S/C20H25N3O3/c1-2-23-12-17(18(21-23)15-8-9-15)19(24)22-11-10-20(25,13-22)14-26-16-6-4-3-5-7-16/h3-7,12,15,25H,2,8-11,13-14H2,1H3/t20-/m1/s1. The fourth-order valence-electron chi connectivity index (χ4n) is 3.47. The third-order valence-electron chi connectivity index (χ3n) is 5.18. The van der Waals surface area contributed by atoms with Crippen LogP contribution in [0.3, 0.4) is 0 Å². The molecule has 0 bridgehead atoms. The number of β-amino-alcohol motifs (C(OH)–C–C–N with tert-alkyl or cyclic N) is 1. The van der Waals surface area contributed by atoms with Crippen molar-refractivity contribution in [1.82, 2.24) is 14.7 Å². The van der Waals surface area contributed by atoms with E-state index in [1.54, 1.807) is 4.90 Å². The van der Waals surface area contributed by atoms with Crippen LogP contribution >= 0.6 is 0 Å². The third-order valence-corrected chi connectivity index (χ3v) is 5.18. The van der Waals surface area contributed by atoms with Crippen LogP contribution in [0.15, 0.2) is 36.5 Å². The number of carbonyl (C=O) groups is 1. The number of aromatic nitrogens is 2. The number of benzene rings is 1. The second-order valence-electron chi connectivity index (χ2n) is 7.36. The molecule has 1 N–H and O–H groups in total. The summed E-state index contributed by atoms with van der Waals surface area (Å²) in [6.07, 6.45) is 4.59. The van der Waals surface area contributed by atoms with Crippen molar-refractivity contribution in [2.24, 2.45) is 0 Å². The van der Waals surface area contributed by atoms with Crippen molar-refractivity contribution < 1.29 is 14.6 Å². The first-order valence-electron chi connectivity index (χ1n) is 9.35. The van der Waals surface area contributed by atoms with Crippen molar-refractivity contribution in [3.8, 4) is 5.75 Å². The molecular formula is C20H25N3O3. The van der Waals surface area contributed by atoms with Crippen LogP contribution < -0.4 is 4.74 Å². The zero-order valence-corrected chi connectivity index (χ0v) is 15.1. The van der Waals surface area contributed by atoms with Gasteiger partial charge in [-0.15, -0.1) is 0 Å². The fourth-order valence-corrected chi connectivity index (χ4v) is 3.47. The lowest BCUT2D eigenvalue weighted by Crippen LogP contribution is -2.40. The Morgan fingerprint density at radius 1 is 1.35 bits per heavy atom. The molecular weight excluding hydrogens is 330 g/mol. The second-order valence-corrected chi connectivity index (χ2v) is 7.36. The van der Waals surface area contributed by atoms with Crippen molar-refractivity contribution >= 4 is 5.91 Å². The largest absolute Gasteiger partial charge is 0.491 e. The van der Waals surface area contributed by atoms with Crippen LogP contribution in [-0.4, -0.2) is 51.0 Å². The molecule has 1 aliphatic heterocycles. The Kier molecular flexibility index (Phi) is 4.44. The van der Waals surface area contributed by atoms with Crippen LogP contribution in [0.4, 0.5) is 0 Å². The number of amides is 1. The number of para-hydroxylation sites is 1. The maximum absolute atomic E-state index is 13.0. The first-order chi connectivity index (χ1) is 12.6. The number of aliphatic hydroxyl groups is 1. The minimum Gasteiger partial charge on any atom is -0.491 e. The number of aryl methyl sites for hydroxylation is 1. The number of nitrogens with zero attached hydrogens (tertiary/aromatic N) is 3. The predicted octanol–water partition coefficient (Wildman–Crippen LogP) is 2.44. The van der Waals surface area contributed by atoms with Gasteiger partial charge in [0.1, 0.15) is 18.0 Å². The summed E-state index contributed by atoms with van der Waals surface area (Å²) in [5, 5.41) is 15.4. The molecule has 138 valence electrons. The minimum absolute atomic E-state index is 0.0257. The lowest BCUT2D eigenvalue weighted by molar-refractivity contribution is 0.00429. The number of likely N-dealkylation sites (tertiary alicyclic amines) is 1. The van der Waals surface area contributed by atoms with Crippen LogP contribution in [0.1, 0.15) is 48.2 Å². The molecule has 6 heteroatoms. The average Bonchev–Trinajstić information content (AvgIpc) is 3.30. The molecule has 1 aromatic carbocycles. The van der Waals surface area contributed by atoms with Crippen molar-refractivity contribution in [1.29, 1.82) is 0 Å². The van der Waals surface area contributed by atoms with E-state index in [0.29, 0.717) is 31.0 Å². The van der Waals surface area contributed by atoms with Crippen LogP contribution in [-0.2, 0) is 6.54 Å². The van der Waals surface area contributed by atoms with E-state index in [1.807, 2.05) is 48.1 Å². The maximum atomic E-state index is 13.0. The molecule has 0 spiro atoms.